The van der Waals surface area contributed by atoms with Gasteiger partial charge in [0.1, 0.15) is 5.75 Å². The molecule has 1 aromatic carbocycles. The second-order valence-corrected chi connectivity index (χ2v) is 4.14. The molecule has 0 aliphatic carbocycles. The Kier molecular flexibility index (Phi) is 2.22. The Hall–Kier alpha value is -2.50. The normalized spacial score (nSPS) is 13.7. The molecule has 6 nitrogen and oxygen atoms in total. The van der Waals surface area contributed by atoms with E-state index >= 15 is 0 Å². The first-order valence-corrected chi connectivity index (χ1v) is 5.49. The smallest absolute Gasteiger partial charge is 0.262 e. The molecule has 1 aliphatic heterocycles. The van der Waals surface area contributed by atoms with Gasteiger partial charge in [0.15, 0.2) is 12.6 Å². The highest BCUT2D eigenvalue weighted by Gasteiger charge is 2.17. The summed E-state index contributed by atoms with van der Waals surface area (Å²) in [5.74, 6) is 0.963. The number of nitrogens with two attached hydrogens (primary N) is 1. The topological polar surface area (TPSA) is 82.2 Å². The van der Waals surface area contributed by atoms with Crippen LogP contribution in [-0.4, -0.2) is 22.1 Å². The van der Waals surface area contributed by atoms with Crippen LogP contribution >= 0.6 is 0 Å². The molecule has 1 aromatic heterocycles. The number of fused-ring (bicyclic) bond motifs is 1. The first kappa shape index (κ1) is 10.6. The van der Waals surface area contributed by atoms with Crippen molar-refractivity contribution in [2.24, 2.45) is 7.05 Å². The number of amides is 1. The van der Waals surface area contributed by atoms with Crippen LogP contribution in [0.25, 0.3) is 11.3 Å². The molecule has 0 spiro atoms. The Labute approximate surface area is 103 Å². The van der Waals surface area contributed by atoms with Crippen molar-refractivity contribution in [3.8, 4) is 17.0 Å². The maximum Gasteiger partial charge on any atom is 0.262 e. The summed E-state index contributed by atoms with van der Waals surface area (Å²) in [5.41, 5.74) is 8.00. The molecule has 0 unspecified atom stereocenters. The molecule has 92 valence electrons. The van der Waals surface area contributed by atoms with Crippen molar-refractivity contribution in [3.63, 3.8) is 0 Å². The largest absolute Gasteiger partial charge is 0.482 e. The lowest BCUT2D eigenvalue weighted by Crippen LogP contribution is -2.25. The van der Waals surface area contributed by atoms with E-state index in [2.05, 4.69) is 10.3 Å². The van der Waals surface area contributed by atoms with Crippen LogP contribution < -0.4 is 15.8 Å². The fourth-order valence-electron chi connectivity index (χ4n) is 1.86. The van der Waals surface area contributed by atoms with E-state index in [1.165, 1.54) is 0 Å². The van der Waals surface area contributed by atoms with E-state index in [0.29, 0.717) is 17.4 Å². The first-order chi connectivity index (χ1) is 8.63. The monoisotopic (exact) mass is 244 g/mol. The number of benzene rings is 1. The molecule has 2 heterocycles. The summed E-state index contributed by atoms with van der Waals surface area (Å²) in [4.78, 5) is 15.5. The molecular weight excluding hydrogens is 232 g/mol. The van der Waals surface area contributed by atoms with Crippen molar-refractivity contribution in [3.05, 3.63) is 24.4 Å². The average Bonchev–Trinajstić information content (AvgIpc) is 2.69. The van der Waals surface area contributed by atoms with Gasteiger partial charge in [-0.15, -0.1) is 0 Å². The van der Waals surface area contributed by atoms with E-state index in [1.54, 1.807) is 4.57 Å². The number of nitrogens with one attached hydrogen (secondary N) is 1. The van der Waals surface area contributed by atoms with Crippen LogP contribution in [0.1, 0.15) is 0 Å². The van der Waals surface area contributed by atoms with Crippen molar-refractivity contribution in [1.82, 2.24) is 9.55 Å². The Morgan fingerprint density at radius 1 is 1.50 bits per heavy atom. The molecule has 0 radical (unpaired) electrons. The lowest BCUT2D eigenvalue weighted by atomic mass is 10.1. The number of aromatic nitrogens is 2. The van der Waals surface area contributed by atoms with Crippen LogP contribution in [0.2, 0.25) is 0 Å². The van der Waals surface area contributed by atoms with Gasteiger partial charge in [-0.25, -0.2) is 4.98 Å². The standard InChI is InChI=1S/C12H12N4O2/c1-16-5-9(15-12(16)13)7-2-3-10-8(4-7)14-11(17)6-18-10/h2-5H,6H2,1H3,(H2,13,15)(H,14,17). The van der Waals surface area contributed by atoms with Crippen LogP contribution in [0.4, 0.5) is 11.6 Å². The van der Waals surface area contributed by atoms with Crippen molar-refractivity contribution in [2.45, 2.75) is 0 Å². The number of nitrogens with zero attached hydrogens (tertiary/aromatic N) is 2. The van der Waals surface area contributed by atoms with E-state index in [-0.39, 0.29) is 12.5 Å². The first-order valence-electron chi connectivity index (χ1n) is 5.49. The van der Waals surface area contributed by atoms with Crippen molar-refractivity contribution < 1.29 is 9.53 Å². The van der Waals surface area contributed by atoms with Gasteiger partial charge < -0.3 is 20.4 Å². The average molecular weight is 244 g/mol. The fourth-order valence-corrected chi connectivity index (χ4v) is 1.86. The van der Waals surface area contributed by atoms with Crippen molar-refractivity contribution in [2.75, 3.05) is 17.7 Å². The maximum absolute atomic E-state index is 11.3. The third-order valence-corrected chi connectivity index (χ3v) is 2.82. The van der Waals surface area contributed by atoms with E-state index in [9.17, 15) is 4.79 Å². The van der Waals surface area contributed by atoms with E-state index < -0.39 is 0 Å². The van der Waals surface area contributed by atoms with Crippen LogP contribution in [0.5, 0.6) is 5.75 Å². The molecule has 18 heavy (non-hydrogen) atoms. The Morgan fingerprint density at radius 3 is 3.06 bits per heavy atom. The van der Waals surface area contributed by atoms with Gasteiger partial charge in [-0.2, -0.15) is 0 Å². The highest BCUT2D eigenvalue weighted by molar-refractivity contribution is 5.96. The lowest BCUT2D eigenvalue weighted by molar-refractivity contribution is -0.118. The molecule has 0 saturated heterocycles. The van der Waals surface area contributed by atoms with E-state index in [1.807, 2.05) is 31.4 Å². The predicted molar refractivity (Wildman–Crippen MR) is 67.2 cm³/mol. The highest BCUT2D eigenvalue weighted by atomic mass is 16.5. The predicted octanol–water partition coefficient (Wildman–Crippen LogP) is 1.00. The minimum Gasteiger partial charge on any atom is -0.482 e. The Bertz CT molecular complexity index is 614. The fraction of sp³-hybridized carbons (Fsp3) is 0.167. The number of nitrogen functional groups attached to an aromatic ring is 1. The number of hydrogen-bond acceptors (Lipinski definition) is 4. The summed E-state index contributed by atoms with van der Waals surface area (Å²) < 4.78 is 7.03. The molecule has 0 fully saturated rings. The summed E-state index contributed by atoms with van der Waals surface area (Å²) in [5, 5.41) is 2.76. The Morgan fingerprint density at radius 2 is 2.33 bits per heavy atom. The summed E-state index contributed by atoms with van der Waals surface area (Å²) in [6.45, 7) is 0.0584. The van der Waals surface area contributed by atoms with Gasteiger partial charge in [-0.05, 0) is 18.2 Å². The van der Waals surface area contributed by atoms with Gasteiger partial charge in [-0.3, -0.25) is 4.79 Å². The minimum absolute atomic E-state index is 0.0584. The number of anilines is 2. The van der Waals surface area contributed by atoms with Gasteiger partial charge >= 0.3 is 0 Å². The Balaban J connectivity index is 2.04. The zero-order valence-corrected chi connectivity index (χ0v) is 9.80. The van der Waals surface area contributed by atoms with Gasteiger partial charge in [-0.1, -0.05) is 0 Å². The molecule has 1 amide bonds. The van der Waals surface area contributed by atoms with Gasteiger partial charge in [0.2, 0.25) is 0 Å². The zero-order valence-electron chi connectivity index (χ0n) is 9.80. The number of ether oxygens (including phenoxy) is 1. The molecule has 1 aliphatic rings. The molecule has 3 rings (SSSR count). The van der Waals surface area contributed by atoms with Gasteiger partial charge in [0.25, 0.3) is 5.91 Å². The van der Waals surface area contributed by atoms with Gasteiger partial charge in [0, 0.05) is 18.8 Å². The second kappa shape index (κ2) is 3.76. The number of rotatable bonds is 1. The molecular formula is C12H12N4O2. The maximum atomic E-state index is 11.3. The summed E-state index contributed by atoms with van der Waals surface area (Å²) in [7, 11) is 1.83. The quantitative estimate of drug-likeness (QED) is 0.784. The molecule has 2 aromatic rings. The second-order valence-electron chi connectivity index (χ2n) is 4.14. The van der Waals surface area contributed by atoms with Crippen LogP contribution in [-0.2, 0) is 11.8 Å². The van der Waals surface area contributed by atoms with Crippen LogP contribution in [0.3, 0.4) is 0 Å². The van der Waals surface area contributed by atoms with Crippen molar-refractivity contribution >= 4 is 17.5 Å². The molecule has 6 heteroatoms. The number of imidazole rings is 1. The third-order valence-electron chi connectivity index (χ3n) is 2.82. The molecule has 3 N–H and O–H groups in total. The molecule has 0 atom stereocenters. The lowest BCUT2D eigenvalue weighted by Gasteiger charge is -2.18. The van der Waals surface area contributed by atoms with Crippen molar-refractivity contribution in [1.29, 1.82) is 0 Å². The molecule has 0 bridgehead atoms. The number of carbonyl (C=O) groups is 1. The van der Waals surface area contributed by atoms with E-state index in [0.717, 1.165) is 11.3 Å². The number of carbonyl (C=O) groups excluding carboxylic acids is 1. The number of aryl methyl sites for hydroxylation is 1. The summed E-state index contributed by atoms with van der Waals surface area (Å²) in [6, 6.07) is 5.53. The highest BCUT2D eigenvalue weighted by Crippen LogP contribution is 2.32. The van der Waals surface area contributed by atoms with Crippen LogP contribution in [0.15, 0.2) is 24.4 Å². The van der Waals surface area contributed by atoms with Gasteiger partial charge in [0.05, 0.1) is 11.4 Å². The van der Waals surface area contributed by atoms with Crippen LogP contribution in [0, 0.1) is 0 Å². The minimum atomic E-state index is -0.153. The SMILES string of the molecule is Cn1cc(-c2ccc3c(c2)NC(=O)CO3)nc1N. The zero-order chi connectivity index (χ0) is 12.7. The molecule has 0 saturated carbocycles. The van der Waals surface area contributed by atoms with E-state index in [4.69, 9.17) is 10.5 Å². The number of hydrogen-bond donors (Lipinski definition) is 2. The summed E-state index contributed by atoms with van der Waals surface area (Å²) >= 11 is 0. The summed E-state index contributed by atoms with van der Waals surface area (Å²) in [6.07, 6.45) is 1.84. The third kappa shape index (κ3) is 1.67.